The maximum absolute atomic E-state index is 13.3. The standard InChI is InChI=1S/C18H11ClFN3OS2/c1-10-4-2-7-13(19)14(10)23-9-21-16-15(17(23)24)26-18(22-16)25-12-6-3-5-11(20)8-12/h2-9H,1H3. The summed E-state index contributed by atoms with van der Waals surface area (Å²) in [6.45, 7) is 1.88. The van der Waals surface area contributed by atoms with Crippen LogP contribution >= 0.6 is 34.7 Å². The number of aryl methyl sites for hydroxylation is 1. The maximum Gasteiger partial charge on any atom is 0.277 e. The molecular formula is C18H11ClFN3OS2. The van der Waals surface area contributed by atoms with Crippen molar-refractivity contribution < 1.29 is 4.39 Å². The molecule has 0 N–H and O–H groups in total. The lowest BCUT2D eigenvalue weighted by Gasteiger charge is -2.10. The summed E-state index contributed by atoms with van der Waals surface area (Å²) in [6, 6.07) is 11.7. The molecule has 4 rings (SSSR count). The summed E-state index contributed by atoms with van der Waals surface area (Å²) in [5.74, 6) is -0.314. The van der Waals surface area contributed by atoms with E-state index in [0.29, 0.717) is 30.3 Å². The monoisotopic (exact) mass is 403 g/mol. The lowest BCUT2D eigenvalue weighted by molar-refractivity contribution is 0.624. The normalized spacial score (nSPS) is 11.2. The van der Waals surface area contributed by atoms with Crippen LogP contribution in [0.15, 0.2) is 62.8 Å². The Labute approximate surface area is 161 Å². The first-order chi connectivity index (χ1) is 12.5. The number of rotatable bonds is 3. The number of benzene rings is 2. The molecule has 0 aliphatic carbocycles. The Bertz CT molecular complexity index is 1170. The van der Waals surface area contributed by atoms with Gasteiger partial charge in [-0.25, -0.2) is 14.4 Å². The van der Waals surface area contributed by atoms with Crippen LogP contribution in [0.4, 0.5) is 4.39 Å². The predicted octanol–water partition coefficient (Wildman–Crippen LogP) is 5.09. The van der Waals surface area contributed by atoms with E-state index in [1.165, 1.54) is 46.1 Å². The molecule has 2 heterocycles. The first-order valence-electron chi connectivity index (χ1n) is 7.60. The molecule has 0 atom stereocenters. The fraction of sp³-hybridized carbons (Fsp3) is 0.0556. The molecule has 26 heavy (non-hydrogen) atoms. The van der Waals surface area contributed by atoms with Gasteiger partial charge in [0.05, 0.1) is 10.7 Å². The van der Waals surface area contributed by atoms with Crippen LogP contribution in [-0.2, 0) is 0 Å². The van der Waals surface area contributed by atoms with Crippen molar-refractivity contribution in [3.63, 3.8) is 0 Å². The van der Waals surface area contributed by atoms with Crippen molar-refractivity contribution in [2.45, 2.75) is 16.2 Å². The van der Waals surface area contributed by atoms with Gasteiger partial charge in [-0.1, -0.05) is 52.9 Å². The zero-order valence-electron chi connectivity index (χ0n) is 13.4. The van der Waals surface area contributed by atoms with Crippen molar-refractivity contribution in [1.82, 2.24) is 14.5 Å². The summed E-state index contributed by atoms with van der Waals surface area (Å²) in [5.41, 5.74) is 1.63. The molecule has 0 amide bonds. The van der Waals surface area contributed by atoms with Crippen LogP contribution < -0.4 is 5.56 Å². The van der Waals surface area contributed by atoms with Crippen LogP contribution in [0.25, 0.3) is 16.0 Å². The van der Waals surface area contributed by atoms with Crippen molar-refractivity contribution in [2.24, 2.45) is 0 Å². The van der Waals surface area contributed by atoms with Gasteiger partial charge in [-0.3, -0.25) is 9.36 Å². The van der Waals surface area contributed by atoms with Gasteiger partial charge in [-0.05, 0) is 36.8 Å². The van der Waals surface area contributed by atoms with E-state index in [2.05, 4.69) is 9.97 Å². The zero-order chi connectivity index (χ0) is 18.3. The third-order valence-corrected chi connectivity index (χ3v) is 6.12. The van der Waals surface area contributed by atoms with Crippen LogP contribution in [0.3, 0.4) is 0 Å². The fourth-order valence-corrected chi connectivity index (χ4v) is 4.91. The largest absolute Gasteiger partial charge is 0.277 e. The smallest absolute Gasteiger partial charge is 0.267 e. The van der Waals surface area contributed by atoms with E-state index >= 15 is 0 Å². The number of para-hydroxylation sites is 1. The van der Waals surface area contributed by atoms with Crippen molar-refractivity contribution in [3.05, 3.63) is 75.5 Å². The molecule has 0 bridgehead atoms. The molecule has 8 heteroatoms. The summed E-state index contributed by atoms with van der Waals surface area (Å²) < 4.78 is 15.8. The van der Waals surface area contributed by atoms with E-state index in [0.717, 1.165) is 5.56 Å². The van der Waals surface area contributed by atoms with Crippen LogP contribution in [0.2, 0.25) is 5.02 Å². The summed E-state index contributed by atoms with van der Waals surface area (Å²) in [4.78, 5) is 22.3. The minimum atomic E-state index is -0.314. The topological polar surface area (TPSA) is 47.8 Å². The molecule has 2 aromatic heterocycles. The number of thiazole rings is 1. The third kappa shape index (κ3) is 3.13. The summed E-state index contributed by atoms with van der Waals surface area (Å²) in [6.07, 6.45) is 1.44. The average molecular weight is 404 g/mol. The van der Waals surface area contributed by atoms with Crippen molar-refractivity contribution in [2.75, 3.05) is 0 Å². The summed E-state index contributed by atoms with van der Waals surface area (Å²) in [7, 11) is 0. The number of halogens is 2. The summed E-state index contributed by atoms with van der Waals surface area (Å²) >= 11 is 8.81. The highest BCUT2D eigenvalue weighted by atomic mass is 35.5. The number of fused-ring (bicyclic) bond motifs is 1. The third-order valence-electron chi connectivity index (χ3n) is 3.73. The quantitative estimate of drug-likeness (QED) is 0.477. The molecule has 0 saturated carbocycles. The van der Waals surface area contributed by atoms with Crippen molar-refractivity contribution in [3.8, 4) is 5.69 Å². The highest BCUT2D eigenvalue weighted by Gasteiger charge is 2.15. The molecule has 2 aromatic carbocycles. The van der Waals surface area contributed by atoms with Gasteiger partial charge in [0.25, 0.3) is 5.56 Å². The highest BCUT2D eigenvalue weighted by molar-refractivity contribution is 8.01. The Morgan fingerprint density at radius 1 is 1.23 bits per heavy atom. The van der Waals surface area contributed by atoms with Crippen LogP contribution in [0, 0.1) is 12.7 Å². The zero-order valence-corrected chi connectivity index (χ0v) is 15.8. The molecule has 0 aliphatic rings. The number of hydrogen-bond acceptors (Lipinski definition) is 5. The maximum atomic E-state index is 13.3. The van der Waals surface area contributed by atoms with E-state index in [9.17, 15) is 9.18 Å². The molecule has 0 spiro atoms. The van der Waals surface area contributed by atoms with Gasteiger partial charge in [0.15, 0.2) is 9.99 Å². The van der Waals surface area contributed by atoms with E-state index in [-0.39, 0.29) is 11.4 Å². The van der Waals surface area contributed by atoms with Gasteiger partial charge < -0.3 is 0 Å². The number of hydrogen-bond donors (Lipinski definition) is 0. The lowest BCUT2D eigenvalue weighted by Crippen LogP contribution is -2.19. The molecule has 4 nitrogen and oxygen atoms in total. The number of nitrogens with zero attached hydrogens (tertiary/aromatic N) is 3. The van der Waals surface area contributed by atoms with E-state index < -0.39 is 0 Å². The highest BCUT2D eigenvalue weighted by Crippen LogP contribution is 2.33. The molecule has 130 valence electrons. The molecular weight excluding hydrogens is 393 g/mol. The van der Waals surface area contributed by atoms with Crippen molar-refractivity contribution >= 4 is 45.0 Å². The molecule has 0 saturated heterocycles. The van der Waals surface area contributed by atoms with Crippen LogP contribution in [-0.4, -0.2) is 14.5 Å². The Morgan fingerprint density at radius 3 is 2.81 bits per heavy atom. The molecule has 0 unspecified atom stereocenters. The Morgan fingerprint density at radius 2 is 2.04 bits per heavy atom. The van der Waals surface area contributed by atoms with Crippen molar-refractivity contribution in [1.29, 1.82) is 0 Å². The molecule has 4 aromatic rings. The summed E-state index contributed by atoms with van der Waals surface area (Å²) in [5, 5.41) is 0.479. The SMILES string of the molecule is Cc1cccc(Cl)c1-n1cnc2nc(Sc3cccc(F)c3)sc2c1=O. The van der Waals surface area contributed by atoms with Gasteiger partial charge in [0, 0.05) is 4.90 Å². The van der Waals surface area contributed by atoms with E-state index in [4.69, 9.17) is 11.6 Å². The van der Waals surface area contributed by atoms with E-state index in [1.807, 2.05) is 19.1 Å². The Kier molecular flexibility index (Phi) is 4.52. The molecule has 0 radical (unpaired) electrons. The first kappa shape index (κ1) is 17.2. The predicted molar refractivity (Wildman–Crippen MR) is 103 cm³/mol. The minimum absolute atomic E-state index is 0.227. The average Bonchev–Trinajstić information content (AvgIpc) is 3.00. The minimum Gasteiger partial charge on any atom is -0.267 e. The second-order valence-electron chi connectivity index (χ2n) is 5.52. The first-order valence-corrected chi connectivity index (χ1v) is 9.61. The van der Waals surface area contributed by atoms with Gasteiger partial charge in [0.2, 0.25) is 0 Å². The van der Waals surface area contributed by atoms with E-state index in [1.54, 1.807) is 18.2 Å². The van der Waals surface area contributed by atoms with Gasteiger partial charge in [-0.2, -0.15) is 0 Å². The van der Waals surface area contributed by atoms with Crippen LogP contribution in [0.5, 0.6) is 0 Å². The van der Waals surface area contributed by atoms with Gasteiger partial charge in [0.1, 0.15) is 16.8 Å². The van der Waals surface area contributed by atoms with Crippen LogP contribution in [0.1, 0.15) is 5.56 Å². The Hall–Kier alpha value is -2.22. The fourth-order valence-electron chi connectivity index (χ4n) is 2.56. The lowest BCUT2D eigenvalue weighted by atomic mass is 10.2. The second-order valence-corrected chi connectivity index (χ2v) is 8.24. The van der Waals surface area contributed by atoms with Gasteiger partial charge in [-0.15, -0.1) is 0 Å². The number of aromatic nitrogens is 3. The molecule has 0 aliphatic heterocycles. The second kappa shape index (κ2) is 6.83. The van der Waals surface area contributed by atoms with Gasteiger partial charge >= 0.3 is 0 Å². The molecule has 0 fully saturated rings. The Balaban J connectivity index is 1.80.